The molecule has 1 fully saturated rings. The van der Waals surface area contributed by atoms with E-state index in [4.69, 9.17) is 4.74 Å². The summed E-state index contributed by atoms with van der Waals surface area (Å²) in [5.74, 6) is 0.182. The van der Waals surface area contributed by atoms with Gasteiger partial charge in [0.1, 0.15) is 0 Å². The molecule has 0 unspecified atom stereocenters. The number of rotatable bonds is 8. The molecule has 0 N–H and O–H groups in total. The van der Waals surface area contributed by atoms with Crippen molar-refractivity contribution in [3.8, 4) is 11.1 Å². The number of hydrogen-bond acceptors (Lipinski definition) is 4. The predicted molar refractivity (Wildman–Crippen MR) is 137 cm³/mol. The van der Waals surface area contributed by atoms with Crippen molar-refractivity contribution in [3.63, 3.8) is 0 Å². The molecule has 3 aromatic carbocycles. The molecule has 3 aromatic rings. The Labute approximate surface area is 202 Å². The van der Waals surface area contributed by atoms with E-state index >= 15 is 0 Å². The number of piperazine rings is 1. The Kier molecular flexibility index (Phi) is 7.22. The van der Waals surface area contributed by atoms with Gasteiger partial charge < -0.3 is 14.5 Å². The number of nitrogens with zero attached hydrogens (tertiary/aromatic N) is 3. The first kappa shape index (κ1) is 22.6. The molecule has 5 rings (SSSR count). The molecule has 0 saturated carbocycles. The SMILES string of the molecule is O=C(CCOCCN1CCN(c2ccccc2-c2ccccc2)CC1)N1Cc2ccccc2C1. The van der Waals surface area contributed by atoms with E-state index in [1.807, 2.05) is 17.0 Å². The minimum atomic E-state index is 0.182. The van der Waals surface area contributed by atoms with Crippen molar-refractivity contribution in [3.05, 3.63) is 90.0 Å². The van der Waals surface area contributed by atoms with Gasteiger partial charge in [0.25, 0.3) is 0 Å². The van der Waals surface area contributed by atoms with Gasteiger partial charge in [0.05, 0.1) is 19.6 Å². The first-order chi connectivity index (χ1) is 16.8. The molecular weight excluding hydrogens is 422 g/mol. The van der Waals surface area contributed by atoms with Gasteiger partial charge in [-0.3, -0.25) is 9.69 Å². The maximum atomic E-state index is 12.5. The molecule has 0 atom stereocenters. The average Bonchev–Trinajstić information content (AvgIpc) is 3.34. The second-order valence-electron chi connectivity index (χ2n) is 9.09. The van der Waals surface area contributed by atoms with E-state index in [9.17, 15) is 4.79 Å². The Bertz CT molecular complexity index is 1070. The highest BCUT2D eigenvalue weighted by Crippen LogP contribution is 2.31. The van der Waals surface area contributed by atoms with Crippen LogP contribution in [0.25, 0.3) is 11.1 Å². The fourth-order valence-corrected chi connectivity index (χ4v) is 4.95. The van der Waals surface area contributed by atoms with Gasteiger partial charge in [-0.15, -0.1) is 0 Å². The first-order valence-corrected chi connectivity index (χ1v) is 12.3. The van der Waals surface area contributed by atoms with Crippen LogP contribution in [0.3, 0.4) is 0 Å². The quantitative estimate of drug-likeness (QED) is 0.471. The number of fused-ring (bicyclic) bond motifs is 1. The van der Waals surface area contributed by atoms with Crippen LogP contribution in [0, 0.1) is 0 Å². The summed E-state index contributed by atoms with van der Waals surface area (Å²) in [7, 11) is 0. The lowest BCUT2D eigenvalue weighted by molar-refractivity contribution is -0.133. The number of para-hydroxylation sites is 1. The Balaban J connectivity index is 1.02. The molecule has 5 heteroatoms. The molecule has 2 aliphatic rings. The first-order valence-electron chi connectivity index (χ1n) is 12.3. The van der Waals surface area contributed by atoms with Crippen molar-refractivity contribution in [1.29, 1.82) is 0 Å². The Morgan fingerprint density at radius 1 is 0.735 bits per heavy atom. The van der Waals surface area contributed by atoms with Gasteiger partial charge in [0.15, 0.2) is 0 Å². The van der Waals surface area contributed by atoms with Gasteiger partial charge >= 0.3 is 0 Å². The topological polar surface area (TPSA) is 36.0 Å². The maximum Gasteiger partial charge on any atom is 0.225 e. The number of benzene rings is 3. The van der Waals surface area contributed by atoms with E-state index < -0.39 is 0 Å². The third-order valence-electron chi connectivity index (χ3n) is 6.91. The zero-order chi connectivity index (χ0) is 23.2. The molecule has 0 aliphatic carbocycles. The van der Waals surface area contributed by atoms with Gasteiger partial charge in [-0.1, -0.05) is 72.8 Å². The fraction of sp³-hybridized carbons (Fsp3) is 0.345. The van der Waals surface area contributed by atoms with E-state index in [1.165, 1.54) is 27.9 Å². The van der Waals surface area contributed by atoms with Crippen molar-refractivity contribution in [2.45, 2.75) is 19.5 Å². The number of anilines is 1. The summed E-state index contributed by atoms with van der Waals surface area (Å²) in [5.41, 5.74) is 6.41. The average molecular weight is 456 g/mol. The van der Waals surface area contributed by atoms with Gasteiger partial charge in [-0.2, -0.15) is 0 Å². The molecule has 1 amide bonds. The zero-order valence-electron chi connectivity index (χ0n) is 19.7. The second kappa shape index (κ2) is 10.9. The van der Waals surface area contributed by atoms with Crippen LogP contribution in [0.5, 0.6) is 0 Å². The normalized spacial score (nSPS) is 16.0. The number of carbonyl (C=O) groups excluding carboxylic acids is 1. The number of hydrogen-bond donors (Lipinski definition) is 0. The van der Waals surface area contributed by atoms with Crippen LogP contribution in [0.15, 0.2) is 78.9 Å². The van der Waals surface area contributed by atoms with E-state index in [0.29, 0.717) is 19.6 Å². The van der Waals surface area contributed by atoms with Crippen molar-refractivity contribution in [2.75, 3.05) is 50.8 Å². The zero-order valence-corrected chi connectivity index (χ0v) is 19.7. The summed E-state index contributed by atoms with van der Waals surface area (Å²) >= 11 is 0. The van der Waals surface area contributed by atoms with E-state index in [1.54, 1.807) is 0 Å². The van der Waals surface area contributed by atoms with Crippen LogP contribution < -0.4 is 4.90 Å². The monoisotopic (exact) mass is 455 g/mol. The number of amides is 1. The van der Waals surface area contributed by atoms with Gasteiger partial charge in [-0.05, 0) is 22.8 Å². The highest BCUT2D eigenvalue weighted by molar-refractivity contribution is 5.78. The predicted octanol–water partition coefficient (Wildman–Crippen LogP) is 4.42. The van der Waals surface area contributed by atoms with Crippen molar-refractivity contribution < 1.29 is 9.53 Å². The molecule has 1 saturated heterocycles. The van der Waals surface area contributed by atoms with Crippen LogP contribution >= 0.6 is 0 Å². The summed E-state index contributed by atoms with van der Waals surface area (Å²) in [6, 6.07) is 27.6. The molecule has 0 bridgehead atoms. The highest BCUT2D eigenvalue weighted by atomic mass is 16.5. The van der Waals surface area contributed by atoms with Crippen LogP contribution in [-0.2, 0) is 22.6 Å². The lowest BCUT2D eigenvalue weighted by atomic mass is 10.0. The third-order valence-corrected chi connectivity index (χ3v) is 6.91. The molecular formula is C29H33N3O2. The van der Waals surface area contributed by atoms with E-state index in [-0.39, 0.29) is 5.91 Å². The van der Waals surface area contributed by atoms with Gasteiger partial charge in [-0.25, -0.2) is 0 Å². The Morgan fingerprint density at radius 3 is 2.12 bits per heavy atom. The fourth-order valence-electron chi connectivity index (χ4n) is 4.95. The molecule has 0 spiro atoms. The standard InChI is InChI=1S/C29H33N3O2/c33-29(32-22-25-10-4-5-11-26(25)23-32)14-20-34-21-19-30-15-17-31(18-16-30)28-13-7-6-12-27(28)24-8-2-1-3-9-24/h1-13H,14-23H2. The minimum Gasteiger partial charge on any atom is -0.380 e. The van der Waals surface area contributed by atoms with Crippen molar-refractivity contribution in [2.24, 2.45) is 0 Å². The second-order valence-corrected chi connectivity index (χ2v) is 9.09. The number of ether oxygens (including phenoxy) is 1. The Morgan fingerprint density at radius 2 is 1.38 bits per heavy atom. The maximum absolute atomic E-state index is 12.5. The lowest BCUT2D eigenvalue weighted by Gasteiger charge is -2.37. The summed E-state index contributed by atoms with van der Waals surface area (Å²) in [6.07, 6.45) is 0.456. The molecule has 34 heavy (non-hydrogen) atoms. The van der Waals surface area contributed by atoms with Crippen LogP contribution in [0.4, 0.5) is 5.69 Å². The lowest BCUT2D eigenvalue weighted by Crippen LogP contribution is -2.47. The molecule has 0 radical (unpaired) electrons. The smallest absolute Gasteiger partial charge is 0.225 e. The van der Waals surface area contributed by atoms with Gasteiger partial charge in [0.2, 0.25) is 5.91 Å². The number of carbonyl (C=O) groups is 1. The minimum absolute atomic E-state index is 0.182. The highest BCUT2D eigenvalue weighted by Gasteiger charge is 2.23. The van der Waals surface area contributed by atoms with Crippen molar-refractivity contribution in [1.82, 2.24) is 9.80 Å². The van der Waals surface area contributed by atoms with Gasteiger partial charge in [0, 0.05) is 57.1 Å². The molecule has 5 nitrogen and oxygen atoms in total. The molecule has 176 valence electrons. The van der Waals surface area contributed by atoms with Crippen LogP contribution in [-0.4, -0.2) is 61.6 Å². The molecule has 2 heterocycles. The largest absolute Gasteiger partial charge is 0.380 e. The Hall–Kier alpha value is -3.15. The molecule has 0 aromatic heterocycles. The summed E-state index contributed by atoms with van der Waals surface area (Å²) in [5, 5.41) is 0. The summed E-state index contributed by atoms with van der Waals surface area (Å²) in [4.78, 5) is 19.4. The summed E-state index contributed by atoms with van der Waals surface area (Å²) in [6.45, 7) is 7.62. The van der Waals surface area contributed by atoms with E-state index in [2.05, 4.69) is 76.5 Å². The van der Waals surface area contributed by atoms with Crippen LogP contribution in [0.2, 0.25) is 0 Å². The third kappa shape index (κ3) is 5.32. The van der Waals surface area contributed by atoms with Crippen molar-refractivity contribution >= 4 is 11.6 Å². The molecule has 2 aliphatic heterocycles. The summed E-state index contributed by atoms with van der Waals surface area (Å²) < 4.78 is 5.83. The van der Waals surface area contributed by atoms with Crippen LogP contribution in [0.1, 0.15) is 17.5 Å². The van der Waals surface area contributed by atoms with E-state index in [0.717, 1.165) is 45.8 Å².